The monoisotopic (exact) mass is 335 g/mol. The molecule has 1 unspecified atom stereocenters. The minimum atomic E-state index is -2.95. The Bertz CT molecular complexity index is 824. The largest absolute Gasteiger partial charge is 0.328 e. The average molecular weight is 335 g/mol. The molecule has 0 aromatic carbocycles. The second-order valence-electron chi connectivity index (χ2n) is 6.72. The van der Waals surface area contributed by atoms with Crippen LogP contribution in [-0.4, -0.2) is 34.5 Å². The minimum absolute atomic E-state index is 0.284. The highest BCUT2D eigenvalue weighted by molar-refractivity contribution is 7.91. The number of nitrogens with zero attached hydrogens (tertiary/aromatic N) is 3. The molecule has 0 fully saturated rings. The maximum atomic E-state index is 11.6. The summed E-state index contributed by atoms with van der Waals surface area (Å²) in [5.74, 6) is 0.993. The highest BCUT2D eigenvalue weighted by atomic mass is 32.2. The topological polar surface area (TPSA) is 64.8 Å². The van der Waals surface area contributed by atoms with Crippen LogP contribution in [0.3, 0.4) is 0 Å². The van der Waals surface area contributed by atoms with Crippen LogP contribution in [0.4, 0.5) is 0 Å². The van der Waals surface area contributed by atoms with E-state index < -0.39 is 9.84 Å². The lowest BCUT2D eigenvalue weighted by Crippen LogP contribution is -2.17. The molecule has 2 aromatic rings. The number of aromatic nitrogens is 3. The van der Waals surface area contributed by atoms with Crippen molar-refractivity contribution in [2.24, 2.45) is 0 Å². The van der Waals surface area contributed by atoms with Gasteiger partial charge in [-0.05, 0) is 57.9 Å². The highest BCUT2D eigenvalue weighted by Crippen LogP contribution is 2.28. The third kappa shape index (κ3) is 3.27. The number of rotatable bonds is 5. The van der Waals surface area contributed by atoms with Gasteiger partial charge in [0.2, 0.25) is 0 Å². The number of aryl methyl sites for hydroxylation is 4. The van der Waals surface area contributed by atoms with E-state index in [-0.39, 0.29) is 5.25 Å². The first-order valence-corrected chi connectivity index (χ1v) is 10.4. The zero-order valence-electron chi connectivity index (χ0n) is 14.2. The lowest BCUT2D eigenvalue weighted by atomic mass is 9.95. The van der Waals surface area contributed by atoms with Gasteiger partial charge in [0, 0.05) is 18.5 Å². The van der Waals surface area contributed by atoms with E-state index in [9.17, 15) is 8.42 Å². The van der Waals surface area contributed by atoms with Gasteiger partial charge in [0.15, 0.2) is 0 Å². The summed E-state index contributed by atoms with van der Waals surface area (Å²) < 4.78 is 25.4. The van der Waals surface area contributed by atoms with Crippen molar-refractivity contribution >= 4 is 20.9 Å². The van der Waals surface area contributed by atoms with Crippen molar-refractivity contribution in [3.8, 4) is 0 Å². The fourth-order valence-corrected chi connectivity index (χ4v) is 4.04. The molecule has 0 amide bonds. The Labute approximate surface area is 138 Å². The predicted octanol–water partition coefficient (Wildman–Crippen LogP) is 2.83. The van der Waals surface area contributed by atoms with Crippen molar-refractivity contribution in [3.05, 3.63) is 23.3 Å². The summed E-state index contributed by atoms with van der Waals surface area (Å²) in [4.78, 5) is 9.24. The van der Waals surface area contributed by atoms with Crippen LogP contribution in [-0.2, 0) is 29.2 Å². The van der Waals surface area contributed by atoms with E-state index in [2.05, 4.69) is 14.5 Å². The summed E-state index contributed by atoms with van der Waals surface area (Å²) >= 11 is 0. The summed E-state index contributed by atoms with van der Waals surface area (Å²) in [7, 11) is -2.95. The molecule has 0 radical (unpaired) electrons. The van der Waals surface area contributed by atoms with Crippen molar-refractivity contribution in [3.63, 3.8) is 0 Å². The van der Waals surface area contributed by atoms with E-state index in [0.717, 1.165) is 37.1 Å². The number of imidazole rings is 1. The molecule has 23 heavy (non-hydrogen) atoms. The highest BCUT2D eigenvalue weighted by Gasteiger charge is 2.19. The van der Waals surface area contributed by atoms with E-state index in [4.69, 9.17) is 0 Å². The van der Waals surface area contributed by atoms with Crippen molar-refractivity contribution < 1.29 is 8.42 Å². The quantitative estimate of drug-likeness (QED) is 0.843. The van der Waals surface area contributed by atoms with Gasteiger partial charge >= 0.3 is 0 Å². The maximum Gasteiger partial charge on any atom is 0.150 e. The molecular formula is C17H25N3O2S. The van der Waals surface area contributed by atoms with Gasteiger partial charge in [-0.25, -0.2) is 13.4 Å². The Hall–Kier alpha value is -1.43. The third-order valence-corrected chi connectivity index (χ3v) is 6.67. The normalized spacial score (nSPS) is 16.5. The smallest absolute Gasteiger partial charge is 0.150 e. The first kappa shape index (κ1) is 16.4. The Balaban J connectivity index is 1.87. The standard InChI is InChI=1S/C17H25N3O2S/c1-12(23(3,21)22)7-6-10-20-13(2)19-16-11-18-15-9-5-4-8-14(15)17(16)20/h11-12H,4-10H2,1-3H3. The first-order chi connectivity index (χ1) is 10.9. The predicted molar refractivity (Wildman–Crippen MR) is 92.4 cm³/mol. The Morgan fingerprint density at radius 1 is 1.30 bits per heavy atom. The molecule has 126 valence electrons. The van der Waals surface area contributed by atoms with Gasteiger partial charge in [-0.15, -0.1) is 0 Å². The van der Waals surface area contributed by atoms with E-state index >= 15 is 0 Å². The zero-order chi connectivity index (χ0) is 16.6. The molecule has 2 heterocycles. The van der Waals surface area contributed by atoms with E-state index in [0.29, 0.717) is 6.42 Å². The summed E-state index contributed by atoms with van der Waals surface area (Å²) in [6, 6.07) is 0. The molecule has 1 aliphatic carbocycles. The first-order valence-electron chi connectivity index (χ1n) is 8.40. The summed E-state index contributed by atoms with van der Waals surface area (Å²) in [6.45, 7) is 4.63. The number of pyridine rings is 1. The van der Waals surface area contributed by atoms with Crippen LogP contribution < -0.4 is 0 Å². The van der Waals surface area contributed by atoms with Crippen molar-refractivity contribution in [1.82, 2.24) is 14.5 Å². The molecule has 1 atom stereocenters. The molecule has 0 spiro atoms. The number of hydrogen-bond acceptors (Lipinski definition) is 4. The molecule has 1 aliphatic rings. The van der Waals surface area contributed by atoms with Gasteiger partial charge in [0.05, 0.1) is 17.0 Å². The maximum absolute atomic E-state index is 11.6. The second kappa shape index (κ2) is 6.23. The Kier molecular flexibility index (Phi) is 4.45. The fraction of sp³-hybridized carbons (Fsp3) is 0.647. The van der Waals surface area contributed by atoms with E-state index in [1.165, 1.54) is 35.9 Å². The van der Waals surface area contributed by atoms with Gasteiger partial charge in [-0.3, -0.25) is 4.98 Å². The molecule has 0 saturated carbocycles. The van der Waals surface area contributed by atoms with Gasteiger partial charge < -0.3 is 4.57 Å². The molecule has 6 heteroatoms. The minimum Gasteiger partial charge on any atom is -0.328 e. The molecule has 0 N–H and O–H groups in total. The van der Waals surface area contributed by atoms with Crippen LogP contribution >= 0.6 is 0 Å². The van der Waals surface area contributed by atoms with Gasteiger partial charge in [-0.1, -0.05) is 0 Å². The van der Waals surface area contributed by atoms with Crippen molar-refractivity contribution in [2.75, 3.05) is 6.26 Å². The molecular weight excluding hydrogens is 310 g/mol. The molecule has 0 bridgehead atoms. The second-order valence-corrected chi connectivity index (χ2v) is 9.18. The average Bonchev–Trinajstić information content (AvgIpc) is 2.82. The fourth-order valence-electron chi connectivity index (χ4n) is 3.45. The van der Waals surface area contributed by atoms with Crippen LogP contribution in [0.25, 0.3) is 11.0 Å². The molecule has 3 rings (SSSR count). The van der Waals surface area contributed by atoms with Crippen molar-refractivity contribution in [1.29, 1.82) is 0 Å². The van der Waals surface area contributed by atoms with Gasteiger partial charge in [0.1, 0.15) is 21.2 Å². The van der Waals surface area contributed by atoms with E-state index in [1.54, 1.807) is 6.92 Å². The number of sulfone groups is 1. The van der Waals surface area contributed by atoms with Crippen LogP contribution in [0.15, 0.2) is 6.20 Å². The molecule has 5 nitrogen and oxygen atoms in total. The summed E-state index contributed by atoms with van der Waals surface area (Å²) in [5, 5.41) is -0.284. The summed E-state index contributed by atoms with van der Waals surface area (Å²) in [5.41, 5.74) is 4.76. The summed E-state index contributed by atoms with van der Waals surface area (Å²) in [6.07, 6.45) is 9.29. The Morgan fingerprint density at radius 3 is 2.78 bits per heavy atom. The van der Waals surface area contributed by atoms with Gasteiger partial charge in [0.25, 0.3) is 0 Å². The number of fused-ring (bicyclic) bond motifs is 3. The van der Waals surface area contributed by atoms with Crippen LogP contribution in [0.2, 0.25) is 0 Å². The van der Waals surface area contributed by atoms with E-state index in [1.807, 2.05) is 13.1 Å². The van der Waals surface area contributed by atoms with Gasteiger partial charge in [-0.2, -0.15) is 0 Å². The SMILES string of the molecule is Cc1nc2cnc3c(c2n1CCCC(C)S(C)(=O)=O)CCCC3. The van der Waals surface area contributed by atoms with Crippen LogP contribution in [0, 0.1) is 6.92 Å². The lowest BCUT2D eigenvalue weighted by molar-refractivity contribution is 0.560. The number of hydrogen-bond donors (Lipinski definition) is 0. The van der Waals surface area contributed by atoms with Crippen molar-refractivity contribution in [2.45, 2.75) is 64.2 Å². The zero-order valence-corrected chi connectivity index (χ0v) is 15.0. The lowest BCUT2D eigenvalue weighted by Gasteiger charge is -2.17. The third-order valence-electron chi connectivity index (χ3n) is 4.98. The Morgan fingerprint density at radius 2 is 2.04 bits per heavy atom. The molecule has 0 saturated heterocycles. The van der Waals surface area contributed by atoms with Crippen LogP contribution in [0.5, 0.6) is 0 Å². The molecule has 2 aromatic heterocycles. The molecule has 0 aliphatic heterocycles. The van der Waals surface area contributed by atoms with Crippen LogP contribution in [0.1, 0.15) is 49.7 Å².